The van der Waals surface area contributed by atoms with Crippen molar-refractivity contribution in [2.45, 2.75) is 51.7 Å². The predicted molar refractivity (Wildman–Crippen MR) is 90.5 cm³/mol. The molecule has 0 aliphatic carbocycles. The monoisotopic (exact) mass is 361 g/mol. The van der Waals surface area contributed by atoms with Gasteiger partial charge in [-0.05, 0) is 63.4 Å². The topological polar surface area (TPSA) is 21.3 Å². The van der Waals surface area contributed by atoms with E-state index < -0.39 is 0 Å². The summed E-state index contributed by atoms with van der Waals surface area (Å²) < 4.78 is 6.62. The van der Waals surface area contributed by atoms with Gasteiger partial charge in [0.05, 0.1) is 5.60 Å². The number of ether oxygens (including phenoxy) is 1. The van der Waals surface area contributed by atoms with Crippen LogP contribution in [0.3, 0.4) is 0 Å². The standard InChI is InChI=1S/C16H25BrClNO/c1-5-10-19-15(8-9-16(2,3)20-4)13-11-12(18)6-7-14(13)17/h6-7,11,15,19H,5,8-10H2,1-4H3. The van der Waals surface area contributed by atoms with Gasteiger partial charge in [0.1, 0.15) is 0 Å². The summed E-state index contributed by atoms with van der Waals surface area (Å²) in [5.41, 5.74) is 1.12. The summed E-state index contributed by atoms with van der Waals surface area (Å²) in [7, 11) is 1.77. The lowest BCUT2D eigenvalue weighted by Crippen LogP contribution is -2.28. The van der Waals surface area contributed by atoms with E-state index in [1.807, 2.05) is 18.2 Å². The Kier molecular flexibility index (Phi) is 7.52. The molecule has 0 aliphatic heterocycles. The summed E-state index contributed by atoms with van der Waals surface area (Å²) in [4.78, 5) is 0. The third-order valence-corrected chi connectivity index (χ3v) is 4.52. The predicted octanol–water partition coefficient (Wildman–Crippen LogP) is 5.35. The van der Waals surface area contributed by atoms with Crippen LogP contribution in [0.1, 0.15) is 51.6 Å². The maximum atomic E-state index is 6.14. The minimum Gasteiger partial charge on any atom is -0.379 e. The van der Waals surface area contributed by atoms with Crippen molar-refractivity contribution in [3.8, 4) is 0 Å². The Hall–Kier alpha value is -0.0900. The first-order valence-electron chi connectivity index (χ1n) is 7.13. The smallest absolute Gasteiger partial charge is 0.0623 e. The van der Waals surface area contributed by atoms with Gasteiger partial charge in [0, 0.05) is 22.6 Å². The van der Waals surface area contributed by atoms with Crippen LogP contribution in [0.4, 0.5) is 0 Å². The first-order valence-corrected chi connectivity index (χ1v) is 8.30. The van der Waals surface area contributed by atoms with Gasteiger partial charge in [-0.3, -0.25) is 0 Å². The number of halogens is 2. The van der Waals surface area contributed by atoms with Crippen LogP contribution in [-0.4, -0.2) is 19.3 Å². The summed E-state index contributed by atoms with van der Waals surface area (Å²) in [6.45, 7) is 7.42. The van der Waals surface area contributed by atoms with Gasteiger partial charge < -0.3 is 10.1 Å². The van der Waals surface area contributed by atoms with Crippen LogP contribution in [0, 0.1) is 0 Å². The molecule has 1 unspecified atom stereocenters. The van der Waals surface area contributed by atoms with E-state index in [-0.39, 0.29) is 11.6 Å². The Morgan fingerprint density at radius 1 is 1.40 bits per heavy atom. The molecule has 0 heterocycles. The Balaban J connectivity index is 2.85. The molecular weight excluding hydrogens is 338 g/mol. The quantitative estimate of drug-likeness (QED) is 0.673. The normalized spacial score (nSPS) is 13.5. The van der Waals surface area contributed by atoms with Crippen molar-refractivity contribution >= 4 is 27.5 Å². The van der Waals surface area contributed by atoms with Gasteiger partial charge in [-0.25, -0.2) is 0 Å². The van der Waals surface area contributed by atoms with E-state index in [0.717, 1.165) is 35.3 Å². The van der Waals surface area contributed by atoms with Gasteiger partial charge in [0.25, 0.3) is 0 Å². The minimum absolute atomic E-state index is 0.100. The molecule has 4 heteroatoms. The van der Waals surface area contributed by atoms with Crippen LogP contribution in [0.25, 0.3) is 0 Å². The zero-order valence-electron chi connectivity index (χ0n) is 12.8. The van der Waals surface area contributed by atoms with Crippen molar-refractivity contribution in [2.24, 2.45) is 0 Å². The second-order valence-corrected chi connectivity index (χ2v) is 6.97. The SMILES string of the molecule is CCCNC(CCC(C)(C)OC)c1cc(Cl)ccc1Br. The summed E-state index contributed by atoms with van der Waals surface area (Å²) >= 11 is 9.77. The summed E-state index contributed by atoms with van der Waals surface area (Å²) in [5, 5.41) is 4.38. The number of nitrogens with one attached hydrogen (secondary N) is 1. The van der Waals surface area contributed by atoms with Crippen LogP contribution in [0.15, 0.2) is 22.7 Å². The third kappa shape index (κ3) is 5.72. The molecule has 0 bridgehead atoms. The van der Waals surface area contributed by atoms with Crippen molar-refractivity contribution in [3.63, 3.8) is 0 Å². The van der Waals surface area contributed by atoms with Crippen LogP contribution in [0.2, 0.25) is 5.02 Å². The first-order chi connectivity index (χ1) is 9.39. The van der Waals surface area contributed by atoms with Gasteiger partial charge in [-0.15, -0.1) is 0 Å². The molecule has 1 aromatic carbocycles. The number of benzene rings is 1. The number of hydrogen-bond acceptors (Lipinski definition) is 2. The fourth-order valence-electron chi connectivity index (χ4n) is 2.06. The summed E-state index contributed by atoms with van der Waals surface area (Å²) in [5.74, 6) is 0. The van der Waals surface area contributed by atoms with E-state index in [1.165, 1.54) is 5.56 Å². The van der Waals surface area contributed by atoms with Crippen LogP contribution in [0.5, 0.6) is 0 Å². The fourth-order valence-corrected chi connectivity index (χ4v) is 2.77. The number of methoxy groups -OCH3 is 1. The second kappa shape index (κ2) is 8.38. The molecular formula is C16H25BrClNO. The van der Waals surface area contributed by atoms with Crippen molar-refractivity contribution in [3.05, 3.63) is 33.3 Å². The molecule has 1 rings (SSSR count). The summed E-state index contributed by atoms with van der Waals surface area (Å²) in [6, 6.07) is 6.25. The third-order valence-electron chi connectivity index (χ3n) is 3.56. The lowest BCUT2D eigenvalue weighted by Gasteiger charge is -2.27. The van der Waals surface area contributed by atoms with Crippen LogP contribution in [-0.2, 0) is 4.74 Å². The molecule has 0 saturated carbocycles. The van der Waals surface area contributed by atoms with Gasteiger partial charge in [-0.2, -0.15) is 0 Å². The molecule has 20 heavy (non-hydrogen) atoms. The molecule has 1 N–H and O–H groups in total. The zero-order valence-corrected chi connectivity index (χ0v) is 15.1. The van der Waals surface area contributed by atoms with Crippen molar-refractivity contribution in [1.82, 2.24) is 5.32 Å². The van der Waals surface area contributed by atoms with E-state index in [0.29, 0.717) is 0 Å². The highest BCUT2D eigenvalue weighted by atomic mass is 79.9. The van der Waals surface area contributed by atoms with Crippen molar-refractivity contribution in [1.29, 1.82) is 0 Å². The zero-order chi connectivity index (χ0) is 15.2. The molecule has 0 spiro atoms. The Bertz CT molecular complexity index is 423. The van der Waals surface area contributed by atoms with E-state index >= 15 is 0 Å². The Morgan fingerprint density at radius 3 is 2.70 bits per heavy atom. The molecule has 0 fully saturated rings. The fraction of sp³-hybridized carbons (Fsp3) is 0.625. The lowest BCUT2D eigenvalue weighted by molar-refractivity contribution is 0.0116. The van der Waals surface area contributed by atoms with Gasteiger partial charge in [-0.1, -0.05) is 34.5 Å². The average molecular weight is 363 g/mol. The second-order valence-electron chi connectivity index (χ2n) is 5.68. The molecule has 1 aromatic rings. The molecule has 0 saturated heterocycles. The highest BCUT2D eigenvalue weighted by Crippen LogP contribution is 2.31. The largest absolute Gasteiger partial charge is 0.379 e. The van der Waals surface area contributed by atoms with E-state index in [1.54, 1.807) is 7.11 Å². The maximum Gasteiger partial charge on any atom is 0.0623 e. The lowest BCUT2D eigenvalue weighted by atomic mass is 9.94. The maximum absolute atomic E-state index is 6.14. The Morgan fingerprint density at radius 2 is 2.10 bits per heavy atom. The van der Waals surface area contributed by atoms with Crippen LogP contribution >= 0.6 is 27.5 Å². The first kappa shape index (κ1) is 18.0. The number of hydrogen-bond donors (Lipinski definition) is 1. The van der Waals surface area contributed by atoms with Crippen molar-refractivity contribution in [2.75, 3.05) is 13.7 Å². The van der Waals surface area contributed by atoms with E-state index in [4.69, 9.17) is 16.3 Å². The van der Waals surface area contributed by atoms with E-state index in [9.17, 15) is 0 Å². The highest BCUT2D eigenvalue weighted by molar-refractivity contribution is 9.10. The molecule has 0 amide bonds. The van der Waals surface area contributed by atoms with Gasteiger partial charge in [0.2, 0.25) is 0 Å². The Labute approximate surface area is 136 Å². The van der Waals surface area contributed by atoms with E-state index in [2.05, 4.69) is 42.0 Å². The van der Waals surface area contributed by atoms with Gasteiger partial charge >= 0.3 is 0 Å². The molecule has 0 aliphatic rings. The average Bonchev–Trinajstić information content (AvgIpc) is 2.42. The number of rotatable bonds is 8. The van der Waals surface area contributed by atoms with Gasteiger partial charge in [0.15, 0.2) is 0 Å². The highest BCUT2D eigenvalue weighted by Gasteiger charge is 2.21. The summed E-state index contributed by atoms with van der Waals surface area (Å²) in [6.07, 6.45) is 3.12. The molecule has 114 valence electrons. The van der Waals surface area contributed by atoms with Crippen molar-refractivity contribution < 1.29 is 4.74 Å². The van der Waals surface area contributed by atoms with Crippen LogP contribution < -0.4 is 5.32 Å². The molecule has 0 radical (unpaired) electrons. The molecule has 2 nitrogen and oxygen atoms in total. The molecule has 0 aromatic heterocycles. The molecule has 1 atom stereocenters. The minimum atomic E-state index is -0.100.